The second kappa shape index (κ2) is 3.20. The van der Waals surface area contributed by atoms with Gasteiger partial charge in [-0.15, -0.1) is 0 Å². The first-order valence-electron chi connectivity index (χ1n) is 4.80. The Morgan fingerprint density at radius 1 is 1.43 bits per heavy atom. The fraction of sp³-hybridized carbons (Fsp3) is 0.600. The van der Waals surface area contributed by atoms with E-state index in [-0.39, 0.29) is 11.5 Å². The zero-order valence-corrected chi connectivity index (χ0v) is 8.44. The molecule has 1 saturated carbocycles. The lowest BCUT2D eigenvalue weighted by molar-refractivity contribution is -0.0510. The number of hydrogen-bond acceptors (Lipinski definition) is 4. The normalized spacial score (nSPS) is 29.4. The number of aliphatic hydroxyl groups is 1. The van der Waals surface area contributed by atoms with E-state index in [0.29, 0.717) is 6.04 Å². The van der Waals surface area contributed by atoms with Crippen LogP contribution in [0.1, 0.15) is 20.3 Å². The van der Waals surface area contributed by atoms with Crippen molar-refractivity contribution in [2.45, 2.75) is 32.4 Å². The van der Waals surface area contributed by atoms with Gasteiger partial charge in [0.1, 0.15) is 6.33 Å². The van der Waals surface area contributed by atoms with E-state index in [4.69, 9.17) is 0 Å². The smallest absolute Gasteiger partial charge is 0.115 e. The monoisotopic (exact) mass is 193 g/mol. The van der Waals surface area contributed by atoms with Gasteiger partial charge in [-0.3, -0.25) is 0 Å². The van der Waals surface area contributed by atoms with Crippen molar-refractivity contribution in [2.75, 3.05) is 5.32 Å². The topological polar surface area (TPSA) is 58.0 Å². The van der Waals surface area contributed by atoms with Crippen molar-refractivity contribution in [3.05, 3.63) is 18.7 Å². The van der Waals surface area contributed by atoms with Gasteiger partial charge in [0.25, 0.3) is 0 Å². The minimum absolute atomic E-state index is 0.0597. The highest BCUT2D eigenvalue weighted by Gasteiger charge is 2.47. The van der Waals surface area contributed by atoms with Crippen LogP contribution in [0.4, 0.5) is 5.69 Å². The summed E-state index contributed by atoms with van der Waals surface area (Å²) in [5.74, 6) is 0. The predicted molar refractivity (Wildman–Crippen MR) is 53.8 cm³/mol. The molecule has 0 aromatic carbocycles. The molecule has 76 valence electrons. The van der Waals surface area contributed by atoms with Crippen LogP contribution < -0.4 is 5.32 Å². The maximum Gasteiger partial charge on any atom is 0.115 e. The van der Waals surface area contributed by atoms with Crippen molar-refractivity contribution in [2.24, 2.45) is 5.41 Å². The fourth-order valence-corrected chi connectivity index (χ4v) is 1.72. The Morgan fingerprint density at radius 2 is 2.07 bits per heavy atom. The zero-order chi connectivity index (χ0) is 10.2. The Hall–Kier alpha value is -1.16. The molecular weight excluding hydrogens is 178 g/mol. The zero-order valence-electron chi connectivity index (χ0n) is 8.44. The molecule has 2 rings (SSSR count). The van der Waals surface area contributed by atoms with Crippen LogP contribution in [0.15, 0.2) is 18.7 Å². The molecule has 4 heteroatoms. The Bertz CT molecular complexity index is 312. The van der Waals surface area contributed by atoms with E-state index >= 15 is 0 Å². The van der Waals surface area contributed by atoms with E-state index in [1.807, 2.05) is 0 Å². The van der Waals surface area contributed by atoms with E-state index in [0.717, 1.165) is 12.1 Å². The lowest BCUT2D eigenvalue weighted by atomic mass is 9.64. The first-order valence-corrected chi connectivity index (χ1v) is 4.80. The van der Waals surface area contributed by atoms with E-state index in [1.165, 1.54) is 6.33 Å². The van der Waals surface area contributed by atoms with E-state index < -0.39 is 0 Å². The number of rotatable bonds is 2. The van der Waals surface area contributed by atoms with Crippen molar-refractivity contribution >= 4 is 5.69 Å². The van der Waals surface area contributed by atoms with Gasteiger partial charge in [-0.1, -0.05) is 13.8 Å². The molecule has 0 saturated heterocycles. The van der Waals surface area contributed by atoms with Gasteiger partial charge in [0.15, 0.2) is 0 Å². The second-order valence-electron chi connectivity index (χ2n) is 4.40. The number of aromatic nitrogens is 2. The van der Waals surface area contributed by atoms with E-state index in [9.17, 15) is 5.11 Å². The van der Waals surface area contributed by atoms with Gasteiger partial charge in [0, 0.05) is 11.5 Å². The van der Waals surface area contributed by atoms with Gasteiger partial charge in [0.05, 0.1) is 24.2 Å². The van der Waals surface area contributed by atoms with Gasteiger partial charge in [0.2, 0.25) is 0 Å². The van der Waals surface area contributed by atoms with Crippen LogP contribution in [0.25, 0.3) is 0 Å². The summed E-state index contributed by atoms with van der Waals surface area (Å²) < 4.78 is 0. The maximum atomic E-state index is 9.55. The summed E-state index contributed by atoms with van der Waals surface area (Å²) in [5, 5.41) is 12.9. The maximum absolute atomic E-state index is 9.55. The first kappa shape index (κ1) is 9.40. The molecule has 0 bridgehead atoms. The van der Waals surface area contributed by atoms with E-state index in [2.05, 4.69) is 29.1 Å². The number of hydrogen-bond donors (Lipinski definition) is 2. The third kappa shape index (κ3) is 1.46. The second-order valence-corrected chi connectivity index (χ2v) is 4.40. The molecular formula is C10H15N3O. The molecule has 1 heterocycles. The van der Waals surface area contributed by atoms with Crippen LogP contribution in [0, 0.1) is 5.41 Å². The molecule has 1 aromatic rings. The lowest BCUT2D eigenvalue weighted by Gasteiger charge is -2.49. The van der Waals surface area contributed by atoms with Crippen LogP contribution in [0.5, 0.6) is 0 Å². The Morgan fingerprint density at radius 3 is 2.57 bits per heavy atom. The molecule has 0 spiro atoms. The highest BCUT2D eigenvalue weighted by molar-refractivity contribution is 5.40. The molecule has 1 aromatic heterocycles. The quantitative estimate of drug-likeness (QED) is 0.737. The van der Waals surface area contributed by atoms with Crippen molar-refractivity contribution in [1.82, 2.24) is 9.97 Å². The van der Waals surface area contributed by atoms with E-state index in [1.54, 1.807) is 12.4 Å². The van der Waals surface area contributed by atoms with Gasteiger partial charge < -0.3 is 10.4 Å². The summed E-state index contributed by atoms with van der Waals surface area (Å²) in [6, 6.07) is 0.309. The summed E-state index contributed by atoms with van der Waals surface area (Å²) in [4.78, 5) is 7.85. The lowest BCUT2D eigenvalue weighted by Crippen LogP contribution is -2.56. The average molecular weight is 193 g/mol. The van der Waals surface area contributed by atoms with Crippen molar-refractivity contribution in [1.29, 1.82) is 0 Å². The van der Waals surface area contributed by atoms with Gasteiger partial charge in [-0.2, -0.15) is 0 Å². The predicted octanol–water partition coefficient (Wildman–Crippen LogP) is 1.05. The molecule has 2 atom stereocenters. The third-order valence-electron chi connectivity index (χ3n) is 3.12. The van der Waals surface area contributed by atoms with Crippen molar-refractivity contribution < 1.29 is 5.11 Å². The number of nitrogens with zero attached hydrogens (tertiary/aromatic N) is 2. The molecule has 1 aliphatic rings. The standard InChI is InChI=1S/C10H15N3O/c1-10(2)8(3-9(10)14)13-7-4-11-6-12-5-7/h4-6,8-9,13-14H,3H2,1-2H3. The number of anilines is 1. The molecule has 14 heavy (non-hydrogen) atoms. The highest BCUT2D eigenvalue weighted by atomic mass is 16.3. The first-order chi connectivity index (χ1) is 6.60. The van der Waals surface area contributed by atoms with Crippen LogP contribution in [0.2, 0.25) is 0 Å². The van der Waals surface area contributed by atoms with Crippen molar-refractivity contribution in [3.63, 3.8) is 0 Å². The van der Waals surface area contributed by atoms with Crippen molar-refractivity contribution in [3.8, 4) is 0 Å². The Labute approximate surface area is 83.4 Å². The van der Waals surface area contributed by atoms with Gasteiger partial charge in [-0.05, 0) is 6.42 Å². The molecule has 4 nitrogen and oxygen atoms in total. The largest absolute Gasteiger partial charge is 0.392 e. The number of nitrogens with one attached hydrogen (secondary N) is 1. The van der Waals surface area contributed by atoms with Gasteiger partial charge >= 0.3 is 0 Å². The van der Waals surface area contributed by atoms with Gasteiger partial charge in [-0.25, -0.2) is 9.97 Å². The van der Waals surface area contributed by atoms with Crippen LogP contribution in [0.3, 0.4) is 0 Å². The Kier molecular flexibility index (Phi) is 2.15. The van der Waals surface area contributed by atoms with Crippen LogP contribution in [-0.2, 0) is 0 Å². The molecule has 0 amide bonds. The number of aliphatic hydroxyl groups excluding tert-OH is 1. The molecule has 1 fully saturated rings. The minimum Gasteiger partial charge on any atom is -0.392 e. The highest BCUT2D eigenvalue weighted by Crippen LogP contribution is 2.41. The fourth-order valence-electron chi connectivity index (χ4n) is 1.72. The summed E-state index contributed by atoms with van der Waals surface area (Å²) in [6.07, 6.45) is 5.58. The summed E-state index contributed by atoms with van der Waals surface area (Å²) in [6.45, 7) is 4.12. The molecule has 1 aliphatic carbocycles. The van der Waals surface area contributed by atoms with Crippen LogP contribution in [-0.4, -0.2) is 27.2 Å². The summed E-state index contributed by atoms with van der Waals surface area (Å²) >= 11 is 0. The third-order valence-corrected chi connectivity index (χ3v) is 3.12. The summed E-state index contributed by atoms with van der Waals surface area (Å²) in [7, 11) is 0. The molecule has 0 aliphatic heterocycles. The molecule has 2 unspecified atom stereocenters. The Balaban J connectivity index is 2.01. The minimum atomic E-state index is -0.204. The SMILES string of the molecule is CC1(C)C(O)CC1Nc1cncnc1. The molecule has 0 radical (unpaired) electrons. The summed E-state index contributed by atoms with van der Waals surface area (Å²) in [5.41, 5.74) is 0.855. The molecule has 2 N–H and O–H groups in total. The van der Waals surface area contributed by atoms with Crippen LogP contribution >= 0.6 is 0 Å². The average Bonchev–Trinajstić information content (AvgIpc) is 2.19.